The highest BCUT2D eigenvalue weighted by atomic mass is 15.3. The minimum absolute atomic E-state index is 0.665. The molecule has 5 heteroatoms. The van der Waals surface area contributed by atoms with Crippen molar-refractivity contribution in [2.45, 2.75) is 45.7 Å². The Labute approximate surface area is 129 Å². The predicted octanol–water partition coefficient (Wildman–Crippen LogP) is 2.12. The molecule has 120 valence electrons. The van der Waals surface area contributed by atoms with Crippen molar-refractivity contribution in [2.75, 3.05) is 45.1 Å². The molecule has 0 saturated carbocycles. The summed E-state index contributed by atoms with van der Waals surface area (Å²) in [6, 6.07) is 0.665. The Morgan fingerprint density at radius 1 is 1.33 bits per heavy atom. The van der Waals surface area contributed by atoms with Crippen LogP contribution in [0.15, 0.2) is 12.4 Å². The molecule has 0 aliphatic carbocycles. The molecule has 0 bridgehead atoms. The molecule has 2 rings (SSSR count). The monoisotopic (exact) mass is 293 g/mol. The zero-order valence-corrected chi connectivity index (χ0v) is 13.9. The number of nitrogens with zero attached hydrogens (tertiary/aromatic N) is 4. The third-order valence-electron chi connectivity index (χ3n) is 4.64. The van der Waals surface area contributed by atoms with Gasteiger partial charge in [0.05, 0.1) is 18.4 Å². The molecule has 1 N–H and O–H groups in total. The van der Waals surface area contributed by atoms with E-state index in [1.165, 1.54) is 25.8 Å². The van der Waals surface area contributed by atoms with Gasteiger partial charge in [0.15, 0.2) is 0 Å². The zero-order chi connectivity index (χ0) is 15.1. The molecule has 2 heterocycles. The van der Waals surface area contributed by atoms with E-state index >= 15 is 0 Å². The van der Waals surface area contributed by atoms with Gasteiger partial charge in [-0.3, -0.25) is 4.68 Å². The second-order valence-electron chi connectivity index (χ2n) is 6.03. The summed E-state index contributed by atoms with van der Waals surface area (Å²) in [6.07, 6.45) is 8.09. The van der Waals surface area contributed by atoms with E-state index in [-0.39, 0.29) is 0 Å². The minimum Gasteiger partial charge on any atom is -0.381 e. The van der Waals surface area contributed by atoms with Crippen molar-refractivity contribution in [3.63, 3.8) is 0 Å². The van der Waals surface area contributed by atoms with Crippen molar-refractivity contribution in [2.24, 2.45) is 0 Å². The predicted molar refractivity (Wildman–Crippen MR) is 88.8 cm³/mol. The molecule has 1 aromatic rings. The lowest BCUT2D eigenvalue weighted by molar-refractivity contribution is 0.194. The number of likely N-dealkylation sites (N-methyl/N-ethyl adjacent to an activating group) is 2. The summed E-state index contributed by atoms with van der Waals surface area (Å²) >= 11 is 0. The molecule has 0 amide bonds. The van der Waals surface area contributed by atoms with E-state index in [0.29, 0.717) is 6.04 Å². The molecule has 5 nitrogen and oxygen atoms in total. The lowest BCUT2D eigenvalue weighted by atomic mass is 10.0. The fourth-order valence-electron chi connectivity index (χ4n) is 3.00. The van der Waals surface area contributed by atoms with Gasteiger partial charge in [-0.15, -0.1) is 0 Å². The van der Waals surface area contributed by atoms with Crippen LogP contribution in [0.4, 0.5) is 5.69 Å². The highest BCUT2D eigenvalue weighted by Crippen LogP contribution is 2.15. The molecule has 1 aliphatic rings. The lowest BCUT2D eigenvalue weighted by Crippen LogP contribution is -2.40. The maximum absolute atomic E-state index is 4.45. The van der Waals surface area contributed by atoms with Crippen LogP contribution < -0.4 is 5.32 Å². The molecule has 0 spiro atoms. The summed E-state index contributed by atoms with van der Waals surface area (Å²) in [6.45, 7) is 10.9. The van der Waals surface area contributed by atoms with Gasteiger partial charge in [-0.1, -0.05) is 20.3 Å². The molecular formula is C16H31N5. The SMILES string of the molecule is CCN(CC)CCn1cc(NCC2CCCCN2C)cn1. The van der Waals surface area contributed by atoms with Crippen molar-refractivity contribution in [1.29, 1.82) is 0 Å². The summed E-state index contributed by atoms with van der Waals surface area (Å²) in [5.41, 5.74) is 1.15. The van der Waals surface area contributed by atoms with Crippen molar-refractivity contribution < 1.29 is 0 Å². The van der Waals surface area contributed by atoms with Gasteiger partial charge in [0.25, 0.3) is 0 Å². The van der Waals surface area contributed by atoms with Gasteiger partial charge in [0.1, 0.15) is 0 Å². The number of nitrogens with one attached hydrogen (secondary N) is 1. The average Bonchev–Trinajstić information content (AvgIpc) is 2.95. The quantitative estimate of drug-likeness (QED) is 0.796. The Hall–Kier alpha value is -1.07. The maximum Gasteiger partial charge on any atom is 0.0727 e. The van der Waals surface area contributed by atoms with Crippen LogP contribution >= 0.6 is 0 Å². The van der Waals surface area contributed by atoms with Gasteiger partial charge < -0.3 is 15.1 Å². The van der Waals surface area contributed by atoms with E-state index in [0.717, 1.165) is 38.4 Å². The molecule has 1 aliphatic heterocycles. The highest BCUT2D eigenvalue weighted by Gasteiger charge is 2.18. The lowest BCUT2D eigenvalue weighted by Gasteiger charge is -2.32. The number of anilines is 1. The third kappa shape index (κ3) is 5.00. The van der Waals surface area contributed by atoms with Crippen molar-refractivity contribution >= 4 is 5.69 Å². The molecule has 21 heavy (non-hydrogen) atoms. The number of piperidine rings is 1. The van der Waals surface area contributed by atoms with Crippen molar-refractivity contribution in [3.8, 4) is 0 Å². The summed E-state index contributed by atoms with van der Waals surface area (Å²) in [5.74, 6) is 0. The second-order valence-corrected chi connectivity index (χ2v) is 6.03. The topological polar surface area (TPSA) is 36.3 Å². The van der Waals surface area contributed by atoms with Gasteiger partial charge in [-0.05, 0) is 39.5 Å². The number of hydrogen-bond acceptors (Lipinski definition) is 4. The first-order valence-electron chi connectivity index (χ1n) is 8.41. The first kappa shape index (κ1) is 16.3. The van der Waals surface area contributed by atoms with E-state index in [2.05, 4.69) is 47.3 Å². The molecule has 1 atom stereocenters. The van der Waals surface area contributed by atoms with Crippen LogP contribution in [0.3, 0.4) is 0 Å². The van der Waals surface area contributed by atoms with E-state index in [9.17, 15) is 0 Å². The third-order valence-corrected chi connectivity index (χ3v) is 4.64. The Morgan fingerprint density at radius 2 is 2.14 bits per heavy atom. The van der Waals surface area contributed by atoms with Crippen LogP contribution in [0.1, 0.15) is 33.1 Å². The number of aromatic nitrogens is 2. The van der Waals surface area contributed by atoms with Gasteiger partial charge in [0.2, 0.25) is 0 Å². The van der Waals surface area contributed by atoms with Gasteiger partial charge in [0, 0.05) is 25.3 Å². The average molecular weight is 293 g/mol. The normalized spacial score (nSPS) is 20.1. The van der Waals surface area contributed by atoms with E-state index in [4.69, 9.17) is 0 Å². The molecule has 0 radical (unpaired) electrons. The maximum atomic E-state index is 4.45. The number of hydrogen-bond donors (Lipinski definition) is 1. The minimum atomic E-state index is 0.665. The van der Waals surface area contributed by atoms with Gasteiger partial charge in [-0.25, -0.2) is 0 Å². The molecule has 0 aromatic carbocycles. The molecule has 1 unspecified atom stereocenters. The van der Waals surface area contributed by atoms with Crippen LogP contribution in [-0.2, 0) is 6.54 Å². The number of likely N-dealkylation sites (tertiary alicyclic amines) is 1. The van der Waals surface area contributed by atoms with Crippen LogP contribution in [0.5, 0.6) is 0 Å². The zero-order valence-electron chi connectivity index (χ0n) is 13.9. The van der Waals surface area contributed by atoms with Crippen LogP contribution in [0.2, 0.25) is 0 Å². The van der Waals surface area contributed by atoms with E-state index < -0.39 is 0 Å². The first-order chi connectivity index (χ1) is 10.2. The highest BCUT2D eigenvalue weighted by molar-refractivity contribution is 5.38. The molecule has 1 saturated heterocycles. The fourth-order valence-corrected chi connectivity index (χ4v) is 3.00. The van der Waals surface area contributed by atoms with Gasteiger partial charge >= 0.3 is 0 Å². The van der Waals surface area contributed by atoms with Crippen LogP contribution in [0, 0.1) is 0 Å². The summed E-state index contributed by atoms with van der Waals surface area (Å²) in [4.78, 5) is 4.90. The molecule has 1 fully saturated rings. The Kier molecular flexibility index (Phi) is 6.51. The van der Waals surface area contributed by atoms with E-state index in [1.807, 2.05) is 10.9 Å². The Bertz CT molecular complexity index is 399. The van der Waals surface area contributed by atoms with Crippen LogP contribution in [0.25, 0.3) is 0 Å². The first-order valence-corrected chi connectivity index (χ1v) is 8.41. The largest absolute Gasteiger partial charge is 0.381 e. The Balaban J connectivity index is 1.74. The Morgan fingerprint density at radius 3 is 2.86 bits per heavy atom. The van der Waals surface area contributed by atoms with Crippen molar-refractivity contribution in [1.82, 2.24) is 19.6 Å². The molecular weight excluding hydrogens is 262 g/mol. The van der Waals surface area contributed by atoms with E-state index in [1.54, 1.807) is 0 Å². The smallest absolute Gasteiger partial charge is 0.0727 e. The fraction of sp³-hybridized carbons (Fsp3) is 0.812. The number of rotatable bonds is 8. The summed E-state index contributed by atoms with van der Waals surface area (Å²) in [7, 11) is 2.24. The van der Waals surface area contributed by atoms with Gasteiger partial charge in [-0.2, -0.15) is 5.10 Å². The molecule has 1 aromatic heterocycles. The van der Waals surface area contributed by atoms with Crippen LogP contribution in [-0.4, -0.2) is 65.4 Å². The second kappa shape index (κ2) is 8.39. The standard InChI is InChI=1S/C16H31N5/c1-4-20(5-2)10-11-21-14-15(12-18-21)17-13-16-8-6-7-9-19(16)3/h12,14,16-17H,4-11,13H2,1-3H3. The summed E-state index contributed by atoms with van der Waals surface area (Å²) in [5, 5.41) is 8.00. The van der Waals surface area contributed by atoms with Crippen molar-refractivity contribution in [3.05, 3.63) is 12.4 Å². The summed E-state index contributed by atoms with van der Waals surface area (Å²) < 4.78 is 2.05.